The molecule has 0 radical (unpaired) electrons. The highest BCUT2D eigenvalue weighted by Gasteiger charge is 2.56. The van der Waals surface area contributed by atoms with Crippen LogP contribution in [0.1, 0.15) is 36.7 Å². The van der Waals surface area contributed by atoms with Crippen molar-refractivity contribution in [3.63, 3.8) is 0 Å². The van der Waals surface area contributed by atoms with Crippen LogP contribution < -0.4 is 4.74 Å². The highest BCUT2D eigenvalue weighted by molar-refractivity contribution is 5.93. The Kier molecular flexibility index (Phi) is 4.84. The largest absolute Gasteiger partial charge is 0.479 e. The first-order valence-electron chi connectivity index (χ1n) is 9.85. The molecule has 0 unspecified atom stereocenters. The fraction of sp³-hybridized carbons (Fsp3) is 0.737. The molecule has 148 valence electrons. The molecule has 3 saturated heterocycles. The Morgan fingerprint density at radius 2 is 2.11 bits per heavy atom. The Bertz CT molecular complexity index is 714. The molecule has 3 fully saturated rings. The first kappa shape index (κ1) is 18.3. The van der Waals surface area contributed by atoms with E-state index in [1.54, 1.807) is 4.90 Å². The van der Waals surface area contributed by atoms with E-state index >= 15 is 0 Å². The predicted molar refractivity (Wildman–Crippen MR) is 97.4 cm³/mol. The van der Waals surface area contributed by atoms with Crippen LogP contribution in [0, 0.1) is 11.3 Å². The molecule has 4 rings (SSSR count). The zero-order valence-corrected chi connectivity index (χ0v) is 16.1. The van der Waals surface area contributed by atoms with Gasteiger partial charge in [-0.2, -0.15) is 0 Å². The second kappa shape index (κ2) is 7.14. The smallest absolute Gasteiger partial charge is 0.292 e. The molecule has 3 aliphatic heterocycles. The zero-order chi connectivity index (χ0) is 19.0. The Morgan fingerprint density at radius 3 is 2.81 bits per heavy atom. The molecule has 0 aromatic carbocycles. The standard InChI is InChI=1S/C19H28N4O4/c1-14-12-23(17(24)15-11-16(26-2)20-27-15)13-19(14)5-8-22(18(19)25)10-9-21-6-3-4-7-21/h11,14H,3-10,12-13H2,1-2H3/t14-,19-/m1/s1. The molecule has 2 atom stereocenters. The van der Waals surface area contributed by atoms with Gasteiger partial charge in [-0.1, -0.05) is 6.92 Å². The van der Waals surface area contributed by atoms with Crippen molar-refractivity contribution in [3.8, 4) is 5.88 Å². The fourth-order valence-electron chi connectivity index (χ4n) is 4.78. The summed E-state index contributed by atoms with van der Waals surface area (Å²) in [5.74, 6) is 0.561. The lowest BCUT2D eigenvalue weighted by Crippen LogP contribution is -2.42. The summed E-state index contributed by atoms with van der Waals surface area (Å²) in [6, 6.07) is 1.50. The first-order chi connectivity index (χ1) is 13.0. The van der Waals surface area contributed by atoms with Crippen LogP contribution in [-0.2, 0) is 4.79 Å². The third-order valence-electron chi connectivity index (χ3n) is 6.53. The number of aromatic nitrogens is 1. The van der Waals surface area contributed by atoms with Crippen molar-refractivity contribution in [3.05, 3.63) is 11.8 Å². The lowest BCUT2D eigenvalue weighted by atomic mass is 9.78. The van der Waals surface area contributed by atoms with Gasteiger partial charge in [-0.25, -0.2) is 0 Å². The molecule has 8 nitrogen and oxygen atoms in total. The monoisotopic (exact) mass is 376 g/mol. The summed E-state index contributed by atoms with van der Waals surface area (Å²) in [4.78, 5) is 32.1. The van der Waals surface area contributed by atoms with E-state index in [0.717, 1.165) is 39.1 Å². The van der Waals surface area contributed by atoms with E-state index < -0.39 is 5.41 Å². The Morgan fingerprint density at radius 1 is 1.33 bits per heavy atom. The number of rotatable bonds is 5. The summed E-state index contributed by atoms with van der Waals surface area (Å²) in [7, 11) is 1.48. The van der Waals surface area contributed by atoms with Gasteiger partial charge in [-0.15, -0.1) is 0 Å². The highest BCUT2D eigenvalue weighted by atomic mass is 16.5. The van der Waals surface area contributed by atoms with Gasteiger partial charge in [0.05, 0.1) is 18.6 Å². The number of hydrogen-bond acceptors (Lipinski definition) is 6. The quantitative estimate of drug-likeness (QED) is 0.765. The molecule has 8 heteroatoms. The van der Waals surface area contributed by atoms with Gasteiger partial charge in [-0.05, 0) is 43.4 Å². The Labute approximate surface area is 159 Å². The van der Waals surface area contributed by atoms with Crippen molar-refractivity contribution in [1.29, 1.82) is 0 Å². The van der Waals surface area contributed by atoms with E-state index in [9.17, 15) is 9.59 Å². The maximum absolute atomic E-state index is 13.2. The van der Waals surface area contributed by atoms with Crippen LogP contribution in [0.4, 0.5) is 0 Å². The SMILES string of the molecule is COc1cc(C(=O)N2C[C@@H](C)[C@@]3(CCN(CCN4CCCC4)C3=O)C2)on1. The van der Waals surface area contributed by atoms with Crippen LogP contribution >= 0.6 is 0 Å². The third kappa shape index (κ3) is 3.20. The molecule has 1 aromatic rings. The van der Waals surface area contributed by atoms with Crippen LogP contribution in [0.2, 0.25) is 0 Å². The number of carbonyl (C=O) groups is 2. The van der Waals surface area contributed by atoms with Crippen molar-refractivity contribution >= 4 is 11.8 Å². The van der Waals surface area contributed by atoms with E-state index in [0.29, 0.717) is 13.1 Å². The van der Waals surface area contributed by atoms with Gasteiger partial charge in [0.15, 0.2) is 0 Å². The number of likely N-dealkylation sites (tertiary alicyclic amines) is 3. The molecule has 1 spiro atoms. The van der Waals surface area contributed by atoms with E-state index in [2.05, 4.69) is 17.0 Å². The van der Waals surface area contributed by atoms with Crippen LogP contribution in [0.25, 0.3) is 0 Å². The van der Waals surface area contributed by atoms with Crippen LogP contribution in [0.5, 0.6) is 5.88 Å². The number of nitrogens with zero attached hydrogens (tertiary/aromatic N) is 4. The summed E-state index contributed by atoms with van der Waals surface area (Å²) in [6.07, 6.45) is 3.34. The minimum absolute atomic E-state index is 0.135. The summed E-state index contributed by atoms with van der Waals surface area (Å²) in [6.45, 7) is 7.92. The Hall–Kier alpha value is -2.09. The molecular weight excluding hydrogens is 348 g/mol. The molecule has 0 bridgehead atoms. The van der Waals surface area contributed by atoms with Crippen LogP contribution in [0.15, 0.2) is 10.6 Å². The van der Waals surface area contributed by atoms with Gasteiger partial charge in [-0.3, -0.25) is 9.59 Å². The number of carbonyl (C=O) groups excluding carboxylic acids is 2. The second-order valence-electron chi connectivity index (χ2n) is 8.07. The summed E-state index contributed by atoms with van der Waals surface area (Å²) in [5.41, 5.74) is -0.454. The molecule has 1 aromatic heterocycles. The van der Waals surface area contributed by atoms with Gasteiger partial charge in [0.2, 0.25) is 11.7 Å². The molecule has 0 N–H and O–H groups in total. The van der Waals surface area contributed by atoms with Crippen molar-refractivity contribution < 1.29 is 18.8 Å². The zero-order valence-electron chi connectivity index (χ0n) is 16.1. The van der Waals surface area contributed by atoms with Gasteiger partial charge in [0.25, 0.3) is 11.8 Å². The Balaban J connectivity index is 1.41. The van der Waals surface area contributed by atoms with Gasteiger partial charge in [0, 0.05) is 32.7 Å². The second-order valence-corrected chi connectivity index (χ2v) is 8.07. The molecule has 4 heterocycles. The van der Waals surface area contributed by atoms with E-state index in [1.807, 2.05) is 4.90 Å². The van der Waals surface area contributed by atoms with Gasteiger partial charge < -0.3 is 24.0 Å². The van der Waals surface area contributed by atoms with Crippen LogP contribution in [-0.4, -0.2) is 84.6 Å². The average Bonchev–Trinajstić information content (AvgIpc) is 3.44. The molecular formula is C19H28N4O4. The number of ether oxygens (including phenoxy) is 1. The lowest BCUT2D eigenvalue weighted by Gasteiger charge is -2.27. The van der Waals surface area contributed by atoms with Gasteiger partial charge >= 0.3 is 0 Å². The van der Waals surface area contributed by atoms with Crippen molar-refractivity contribution in [2.75, 3.05) is 52.9 Å². The maximum atomic E-state index is 13.2. The summed E-state index contributed by atoms with van der Waals surface area (Å²) >= 11 is 0. The van der Waals surface area contributed by atoms with E-state index in [4.69, 9.17) is 9.26 Å². The fourth-order valence-corrected chi connectivity index (χ4v) is 4.78. The first-order valence-corrected chi connectivity index (χ1v) is 9.85. The van der Waals surface area contributed by atoms with E-state index in [1.165, 1.54) is 26.0 Å². The highest BCUT2D eigenvalue weighted by Crippen LogP contribution is 2.45. The van der Waals surface area contributed by atoms with Crippen molar-refractivity contribution in [1.82, 2.24) is 19.9 Å². The lowest BCUT2D eigenvalue weighted by molar-refractivity contribution is -0.137. The van der Waals surface area contributed by atoms with Crippen molar-refractivity contribution in [2.24, 2.45) is 11.3 Å². The number of hydrogen-bond donors (Lipinski definition) is 0. The average molecular weight is 376 g/mol. The van der Waals surface area contributed by atoms with Crippen molar-refractivity contribution in [2.45, 2.75) is 26.2 Å². The molecule has 3 aliphatic rings. The molecule has 27 heavy (non-hydrogen) atoms. The summed E-state index contributed by atoms with van der Waals surface area (Å²) < 4.78 is 10.1. The topological polar surface area (TPSA) is 79.1 Å². The van der Waals surface area contributed by atoms with Gasteiger partial charge in [0.1, 0.15) is 0 Å². The molecule has 0 saturated carbocycles. The predicted octanol–water partition coefficient (Wildman–Crippen LogP) is 1.09. The van der Waals surface area contributed by atoms with E-state index in [-0.39, 0.29) is 29.4 Å². The minimum atomic E-state index is -0.454. The molecule has 0 aliphatic carbocycles. The summed E-state index contributed by atoms with van der Waals surface area (Å²) in [5, 5.41) is 3.70. The maximum Gasteiger partial charge on any atom is 0.292 e. The number of methoxy groups -OCH3 is 1. The van der Waals surface area contributed by atoms with Crippen LogP contribution in [0.3, 0.4) is 0 Å². The number of amides is 2. The third-order valence-corrected chi connectivity index (χ3v) is 6.53. The molecule has 2 amide bonds. The normalized spacial score (nSPS) is 28.7. The minimum Gasteiger partial charge on any atom is -0.479 e.